The highest BCUT2D eigenvalue weighted by atomic mass is 16.5. The van der Waals surface area contributed by atoms with E-state index in [1.54, 1.807) is 31.3 Å². The SMILES string of the molecule is COc1cc(OC)cc(N(CC(C)N)c2ccc3ncc(-c4cnn(C)c4)nc3c2)c1. The summed E-state index contributed by atoms with van der Waals surface area (Å²) in [5.74, 6) is 1.42. The third-order valence-electron chi connectivity index (χ3n) is 4.96. The van der Waals surface area contributed by atoms with Gasteiger partial charge in [0.15, 0.2) is 0 Å². The lowest BCUT2D eigenvalue weighted by Gasteiger charge is -2.27. The van der Waals surface area contributed by atoms with Gasteiger partial charge in [-0.15, -0.1) is 0 Å². The molecule has 0 saturated heterocycles. The Bertz CT molecular complexity index is 1180. The first-order valence-corrected chi connectivity index (χ1v) is 9.99. The van der Waals surface area contributed by atoms with Crippen molar-refractivity contribution in [3.63, 3.8) is 0 Å². The summed E-state index contributed by atoms with van der Waals surface area (Å²) in [6, 6.07) is 11.7. The number of aryl methyl sites for hydroxylation is 1. The number of ether oxygens (including phenoxy) is 2. The Hall–Kier alpha value is -3.65. The number of rotatable bonds is 7. The van der Waals surface area contributed by atoms with E-state index in [0.717, 1.165) is 33.7 Å². The highest BCUT2D eigenvalue weighted by molar-refractivity contribution is 5.82. The van der Waals surface area contributed by atoms with E-state index in [1.807, 2.05) is 56.6 Å². The molecule has 0 spiro atoms. The van der Waals surface area contributed by atoms with Crippen molar-refractivity contribution in [2.45, 2.75) is 13.0 Å². The molecule has 0 amide bonds. The van der Waals surface area contributed by atoms with Crippen molar-refractivity contribution >= 4 is 22.4 Å². The third-order valence-corrected chi connectivity index (χ3v) is 4.96. The minimum absolute atomic E-state index is 0.0549. The highest BCUT2D eigenvalue weighted by Crippen LogP contribution is 2.34. The van der Waals surface area contributed by atoms with E-state index < -0.39 is 0 Å². The van der Waals surface area contributed by atoms with Crippen LogP contribution >= 0.6 is 0 Å². The van der Waals surface area contributed by atoms with Crippen LogP contribution in [0.2, 0.25) is 0 Å². The average Bonchev–Trinajstić information content (AvgIpc) is 3.22. The van der Waals surface area contributed by atoms with Crippen LogP contribution in [0.3, 0.4) is 0 Å². The van der Waals surface area contributed by atoms with Gasteiger partial charge in [0.05, 0.1) is 43.3 Å². The lowest BCUT2D eigenvalue weighted by Crippen LogP contribution is -2.32. The molecule has 0 radical (unpaired) electrons. The van der Waals surface area contributed by atoms with Gasteiger partial charge < -0.3 is 20.1 Å². The molecule has 0 aliphatic rings. The number of anilines is 2. The van der Waals surface area contributed by atoms with Crippen LogP contribution in [0.15, 0.2) is 55.0 Å². The molecule has 4 aromatic rings. The molecular formula is C23H26N6O2. The van der Waals surface area contributed by atoms with Crippen LogP contribution in [0.4, 0.5) is 11.4 Å². The summed E-state index contributed by atoms with van der Waals surface area (Å²) in [6.45, 7) is 2.59. The van der Waals surface area contributed by atoms with Crippen molar-refractivity contribution in [3.05, 3.63) is 55.0 Å². The number of hydrogen-bond donors (Lipinski definition) is 1. The molecule has 0 aliphatic heterocycles. The molecule has 4 rings (SSSR count). The summed E-state index contributed by atoms with van der Waals surface area (Å²) in [6.07, 6.45) is 5.47. The summed E-state index contributed by atoms with van der Waals surface area (Å²) in [7, 11) is 5.16. The smallest absolute Gasteiger partial charge is 0.124 e. The fraction of sp³-hybridized carbons (Fsp3) is 0.261. The first-order valence-electron chi connectivity index (χ1n) is 9.99. The molecule has 1 atom stereocenters. The Morgan fingerprint density at radius 1 is 1.00 bits per heavy atom. The summed E-state index contributed by atoms with van der Waals surface area (Å²) < 4.78 is 12.7. The zero-order valence-corrected chi connectivity index (χ0v) is 18.1. The summed E-state index contributed by atoms with van der Waals surface area (Å²) in [4.78, 5) is 11.5. The van der Waals surface area contributed by atoms with Gasteiger partial charge in [-0.3, -0.25) is 9.67 Å². The molecule has 160 valence electrons. The van der Waals surface area contributed by atoms with Gasteiger partial charge in [0, 0.05) is 61.0 Å². The number of methoxy groups -OCH3 is 2. The van der Waals surface area contributed by atoms with Crippen molar-refractivity contribution in [2.75, 3.05) is 25.7 Å². The molecule has 0 fully saturated rings. The predicted octanol–water partition coefficient (Wildman–Crippen LogP) is 3.53. The molecule has 0 bridgehead atoms. The number of nitrogens with two attached hydrogens (primary N) is 1. The predicted molar refractivity (Wildman–Crippen MR) is 122 cm³/mol. The molecule has 2 heterocycles. The zero-order valence-electron chi connectivity index (χ0n) is 18.1. The fourth-order valence-corrected chi connectivity index (χ4v) is 3.46. The van der Waals surface area contributed by atoms with Crippen LogP contribution in [-0.4, -0.2) is 46.6 Å². The lowest BCUT2D eigenvalue weighted by molar-refractivity contribution is 0.394. The topological polar surface area (TPSA) is 91.3 Å². The maximum atomic E-state index is 6.18. The van der Waals surface area contributed by atoms with E-state index in [2.05, 4.69) is 15.0 Å². The molecule has 2 aromatic heterocycles. The van der Waals surface area contributed by atoms with Crippen molar-refractivity contribution in [2.24, 2.45) is 12.8 Å². The normalized spacial score (nSPS) is 12.0. The van der Waals surface area contributed by atoms with Gasteiger partial charge in [-0.1, -0.05) is 0 Å². The van der Waals surface area contributed by atoms with Gasteiger partial charge in [0.1, 0.15) is 11.5 Å². The molecule has 2 N–H and O–H groups in total. The summed E-state index contributed by atoms with van der Waals surface area (Å²) in [5, 5.41) is 4.23. The molecule has 2 aromatic carbocycles. The number of fused-ring (bicyclic) bond motifs is 1. The lowest BCUT2D eigenvalue weighted by atomic mass is 10.1. The molecule has 1 unspecified atom stereocenters. The van der Waals surface area contributed by atoms with Crippen LogP contribution in [-0.2, 0) is 7.05 Å². The largest absolute Gasteiger partial charge is 0.497 e. The van der Waals surface area contributed by atoms with Crippen LogP contribution in [0, 0.1) is 0 Å². The minimum atomic E-state index is -0.0549. The van der Waals surface area contributed by atoms with Crippen LogP contribution in [0.25, 0.3) is 22.3 Å². The van der Waals surface area contributed by atoms with E-state index in [9.17, 15) is 0 Å². The Kier molecular flexibility index (Phi) is 5.73. The zero-order chi connectivity index (χ0) is 22.0. The van der Waals surface area contributed by atoms with Gasteiger partial charge >= 0.3 is 0 Å². The van der Waals surface area contributed by atoms with E-state index in [0.29, 0.717) is 18.0 Å². The first-order chi connectivity index (χ1) is 15.0. The van der Waals surface area contributed by atoms with E-state index in [1.165, 1.54) is 0 Å². The van der Waals surface area contributed by atoms with Gasteiger partial charge in [-0.05, 0) is 25.1 Å². The molecule has 0 aliphatic carbocycles. The van der Waals surface area contributed by atoms with Crippen molar-refractivity contribution in [1.29, 1.82) is 0 Å². The Morgan fingerprint density at radius 2 is 1.74 bits per heavy atom. The highest BCUT2D eigenvalue weighted by Gasteiger charge is 2.16. The second-order valence-corrected chi connectivity index (χ2v) is 7.49. The van der Waals surface area contributed by atoms with Gasteiger partial charge in [-0.25, -0.2) is 4.98 Å². The molecule has 8 heteroatoms. The van der Waals surface area contributed by atoms with E-state index >= 15 is 0 Å². The Balaban J connectivity index is 1.80. The fourth-order valence-electron chi connectivity index (χ4n) is 3.46. The Morgan fingerprint density at radius 3 is 2.35 bits per heavy atom. The summed E-state index contributed by atoms with van der Waals surface area (Å²) in [5.41, 5.74) is 11.4. The van der Waals surface area contributed by atoms with E-state index in [4.69, 9.17) is 20.2 Å². The number of nitrogens with zero attached hydrogens (tertiary/aromatic N) is 5. The maximum Gasteiger partial charge on any atom is 0.124 e. The number of aromatic nitrogens is 4. The van der Waals surface area contributed by atoms with Crippen molar-refractivity contribution in [3.8, 4) is 22.8 Å². The molecular weight excluding hydrogens is 392 g/mol. The Labute approximate surface area is 181 Å². The quantitative estimate of drug-likeness (QED) is 0.491. The van der Waals surface area contributed by atoms with Crippen molar-refractivity contribution < 1.29 is 9.47 Å². The van der Waals surface area contributed by atoms with Crippen LogP contribution < -0.4 is 20.1 Å². The van der Waals surface area contributed by atoms with Crippen LogP contribution in [0.1, 0.15) is 6.92 Å². The monoisotopic (exact) mass is 418 g/mol. The maximum absolute atomic E-state index is 6.18. The van der Waals surface area contributed by atoms with Crippen LogP contribution in [0.5, 0.6) is 11.5 Å². The standard InChI is InChI=1S/C23H26N6O2/c1-15(24)13-29(18-7-19(30-3)10-20(8-18)31-4)17-5-6-21-22(9-17)27-23(12-25-21)16-11-26-28(2)14-16/h5-12,14-15H,13,24H2,1-4H3. The van der Waals surface area contributed by atoms with Gasteiger partial charge in [0.2, 0.25) is 0 Å². The van der Waals surface area contributed by atoms with Gasteiger partial charge in [-0.2, -0.15) is 5.10 Å². The number of benzene rings is 2. The molecule has 31 heavy (non-hydrogen) atoms. The number of hydrogen-bond acceptors (Lipinski definition) is 7. The molecule has 0 saturated carbocycles. The first kappa shape index (κ1) is 20.6. The second-order valence-electron chi connectivity index (χ2n) is 7.49. The van der Waals surface area contributed by atoms with E-state index in [-0.39, 0.29) is 6.04 Å². The summed E-state index contributed by atoms with van der Waals surface area (Å²) >= 11 is 0. The minimum Gasteiger partial charge on any atom is -0.497 e. The second kappa shape index (κ2) is 8.61. The van der Waals surface area contributed by atoms with Gasteiger partial charge in [0.25, 0.3) is 0 Å². The third kappa shape index (κ3) is 4.44. The molecule has 8 nitrogen and oxygen atoms in total. The average molecular weight is 419 g/mol. The van der Waals surface area contributed by atoms with Crippen molar-refractivity contribution in [1.82, 2.24) is 19.7 Å².